The van der Waals surface area contributed by atoms with Crippen LogP contribution in [0.15, 0.2) is 12.3 Å². The molecule has 10 nitrogen and oxygen atoms in total. The third-order valence-corrected chi connectivity index (χ3v) is 6.26. The first-order chi connectivity index (χ1) is 17.2. The van der Waals surface area contributed by atoms with E-state index in [1.807, 2.05) is 12.1 Å². The predicted molar refractivity (Wildman–Crippen MR) is 108 cm³/mol. The summed E-state index contributed by atoms with van der Waals surface area (Å²) in [7, 11) is 0.898. The van der Waals surface area contributed by atoms with E-state index >= 15 is 0 Å². The maximum absolute atomic E-state index is 14.0. The zero-order valence-electron chi connectivity index (χ0n) is 18.1. The van der Waals surface area contributed by atoms with Crippen molar-refractivity contribution in [2.24, 2.45) is 7.05 Å². The molecule has 3 aromatic rings. The van der Waals surface area contributed by atoms with Crippen LogP contribution in [0.4, 0.5) is 30.7 Å². The Morgan fingerprint density at radius 3 is 2.49 bits per heavy atom. The molecule has 4 rings (SSSR count). The molecule has 37 heavy (non-hydrogen) atoms. The van der Waals surface area contributed by atoms with Gasteiger partial charge >= 0.3 is 18.7 Å². The van der Waals surface area contributed by atoms with Gasteiger partial charge in [-0.25, -0.2) is 4.68 Å². The fraction of sp³-hybridized carbons (Fsp3) is 0.368. The number of aryl methyl sites for hydroxylation is 1. The maximum Gasteiger partial charge on any atom is 0.459 e. The highest BCUT2D eigenvalue weighted by Gasteiger charge is 2.62. The van der Waals surface area contributed by atoms with Crippen LogP contribution in [0.25, 0.3) is 16.4 Å². The Morgan fingerprint density at radius 2 is 1.95 bits per heavy atom. The Balaban J connectivity index is 1.74. The van der Waals surface area contributed by atoms with E-state index in [4.69, 9.17) is 5.26 Å². The van der Waals surface area contributed by atoms with Crippen molar-refractivity contribution in [1.29, 1.82) is 10.5 Å². The number of rotatable bonds is 7. The standard InChI is InChI=1S/C19H11F7N8O2S/c1-33-15(12(36-16(20)21)13(31-33)18(22,23)19(24,25)26)34-6-9(30-32-34)10-4-8(11(5-27)37-10)14(35)29-17(7-28)2-3-17/h4,6,16H,2-3H2,1H3,(H,29,35). The number of carbonyl (C=O) groups excluding carboxylic acids is 1. The van der Waals surface area contributed by atoms with E-state index in [1.54, 1.807) is 0 Å². The van der Waals surface area contributed by atoms with Crippen molar-refractivity contribution in [3.63, 3.8) is 0 Å². The number of amides is 1. The highest BCUT2D eigenvalue weighted by molar-refractivity contribution is 7.16. The van der Waals surface area contributed by atoms with E-state index in [-0.39, 0.29) is 21.0 Å². The molecule has 1 N–H and O–H groups in total. The molecule has 0 radical (unpaired) electrons. The number of carbonyl (C=O) groups is 1. The first-order valence-corrected chi connectivity index (χ1v) is 10.7. The smallest absolute Gasteiger partial charge is 0.428 e. The summed E-state index contributed by atoms with van der Waals surface area (Å²) < 4.78 is 97.7. The van der Waals surface area contributed by atoms with Gasteiger partial charge in [-0.3, -0.25) is 4.79 Å². The number of thiophene rings is 1. The molecule has 0 aliphatic heterocycles. The van der Waals surface area contributed by atoms with Crippen molar-refractivity contribution in [2.45, 2.75) is 37.1 Å². The molecule has 0 bridgehead atoms. The molecule has 1 fully saturated rings. The average molecular weight is 548 g/mol. The largest absolute Gasteiger partial charge is 0.459 e. The van der Waals surface area contributed by atoms with Gasteiger partial charge in [0.1, 0.15) is 22.2 Å². The second-order valence-electron chi connectivity index (χ2n) is 7.74. The zero-order chi connectivity index (χ0) is 27.3. The van der Waals surface area contributed by atoms with Crippen molar-refractivity contribution in [3.05, 3.63) is 28.4 Å². The number of hydrogen-bond acceptors (Lipinski definition) is 8. The maximum atomic E-state index is 14.0. The van der Waals surface area contributed by atoms with Gasteiger partial charge in [0.15, 0.2) is 17.3 Å². The molecule has 1 aliphatic rings. The first-order valence-electron chi connectivity index (χ1n) is 9.90. The molecular formula is C19H11F7N8O2S. The van der Waals surface area contributed by atoms with Crippen LogP contribution in [0.5, 0.6) is 5.75 Å². The number of aromatic nitrogens is 5. The molecule has 18 heteroatoms. The van der Waals surface area contributed by atoms with Crippen molar-refractivity contribution < 1.29 is 40.3 Å². The highest BCUT2D eigenvalue weighted by Crippen LogP contribution is 2.48. The Morgan fingerprint density at radius 1 is 1.27 bits per heavy atom. The molecule has 0 atom stereocenters. The lowest BCUT2D eigenvalue weighted by Gasteiger charge is -2.18. The Bertz CT molecular complexity index is 1460. The predicted octanol–water partition coefficient (Wildman–Crippen LogP) is 3.64. The van der Waals surface area contributed by atoms with Gasteiger partial charge in [0, 0.05) is 7.05 Å². The highest BCUT2D eigenvalue weighted by atomic mass is 32.1. The van der Waals surface area contributed by atoms with Crippen LogP contribution < -0.4 is 10.1 Å². The minimum Gasteiger partial charge on any atom is -0.428 e. The fourth-order valence-electron chi connectivity index (χ4n) is 3.21. The van der Waals surface area contributed by atoms with Gasteiger partial charge in [-0.15, -0.1) is 16.4 Å². The summed E-state index contributed by atoms with van der Waals surface area (Å²) in [5.74, 6) is -8.75. The van der Waals surface area contributed by atoms with E-state index < -0.39 is 47.4 Å². The van der Waals surface area contributed by atoms with E-state index in [2.05, 4.69) is 25.5 Å². The number of halogens is 7. The number of nitrogens with one attached hydrogen (secondary N) is 1. The Labute approximate surface area is 205 Å². The van der Waals surface area contributed by atoms with Gasteiger partial charge in [0.05, 0.1) is 22.7 Å². The van der Waals surface area contributed by atoms with E-state index in [9.17, 15) is 40.8 Å². The molecule has 0 unspecified atom stereocenters. The van der Waals surface area contributed by atoms with Crippen LogP contribution in [-0.2, 0) is 13.0 Å². The summed E-state index contributed by atoms with van der Waals surface area (Å²) in [5.41, 5.74) is -3.31. The third kappa shape index (κ3) is 4.55. The van der Waals surface area contributed by atoms with Crippen molar-refractivity contribution in [2.75, 3.05) is 0 Å². The van der Waals surface area contributed by atoms with Gasteiger partial charge in [0.2, 0.25) is 0 Å². The second-order valence-corrected chi connectivity index (χ2v) is 8.79. The molecule has 3 heterocycles. The normalized spacial score (nSPS) is 14.8. The number of ether oxygens (including phenoxy) is 1. The summed E-state index contributed by atoms with van der Waals surface area (Å²) >= 11 is 0.772. The Kier molecular flexibility index (Phi) is 6.11. The summed E-state index contributed by atoms with van der Waals surface area (Å²) in [6.07, 6.45) is -4.33. The molecule has 0 saturated heterocycles. The molecular weight excluding hydrogens is 537 g/mol. The number of nitrogens with zero attached hydrogens (tertiary/aromatic N) is 7. The van der Waals surface area contributed by atoms with Gasteiger partial charge in [-0.2, -0.15) is 51.0 Å². The van der Waals surface area contributed by atoms with Crippen molar-refractivity contribution >= 4 is 17.2 Å². The lowest BCUT2D eigenvalue weighted by molar-refractivity contribution is -0.291. The molecule has 0 spiro atoms. The summed E-state index contributed by atoms with van der Waals surface area (Å²) in [4.78, 5) is 12.7. The number of alkyl halides is 7. The second kappa shape index (κ2) is 8.73. The van der Waals surface area contributed by atoms with Crippen LogP contribution in [-0.4, -0.2) is 49.0 Å². The fourth-order valence-corrected chi connectivity index (χ4v) is 4.11. The molecule has 1 amide bonds. The average Bonchev–Trinajstić information content (AvgIpc) is 3.14. The quantitative estimate of drug-likeness (QED) is 0.446. The van der Waals surface area contributed by atoms with Gasteiger partial charge in [-0.1, -0.05) is 5.21 Å². The van der Waals surface area contributed by atoms with Crippen LogP contribution in [0.3, 0.4) is 0 Å². The SMILES string of the molecule is Cn1nc(C(F)(F)C(F)(F)F)c(OC(F)F)c1-n1cc(-c2cc(C(=O)NC3(C#N)CC3)c(C#N)s2)nn1. The van der Waals surface area contributed by atoms with Crippen molar-refractivity contribution in [3.8, 4) is 34.3 Å². The van der Waals surface area contributed by atoms with E-state index in [1.165, 1.54) is 6.07 Å². The van der Waals surface area contributed by atoms with E-state index in [0.29, 0.717) is 22.2 Å². The topological polar surface area (TPSA) is 134 Å². The molecule has 1 aliphatic carbocycles. The molecule has 0 aromatic carbocycles. The number of hydrogen-bond donors (Lipinski definition) is 1. The minimum atomic E-state index is -6.17. The van der Waals surface area contributed by atoms with Crippen LogP contribution in [0.2, 0.25) is 0 Å². The number of nitriles is 2. The van der Waals surface area contributed by atoms with Gasteiger partial charge in [0.25, 0.3) is 5.91 Å². The van der Waals surface area contributed by atoms with Gasteiger partial charge in [-0.05, 0) is 18.9 Å². The summed E-state index contributed by atoms with van der Waals surface area (Å²) in [6.45, 7) is -3.78. The molecule has 1 saturated carbocycles. The Hall–Kier alpha value is -4.19. The zero-order valence-corrected chi connectivity index (χ0v) is 19.0. The lowest BCUT2D eigenvalue weighted by Crippen LogP contribution is -2.35. The monoisotopic (exact) mass is 548 g/mol. The lowest BCUT2D eigenvalue weighted by atomic mass is 10.2. The summed E-state index contributed by atoms with van der Waals surface area (Å²) in [5, 5.41) is 31.4. The first kappa shape index (κ1) is 25.9. The summed E-state index contributed by atoms with van der Waals surface area (Å²) in [6, 6.07) is 5.02. The minimum absolute atomic E-state index is 0.0647. The molecule has 3 aromatic heterocycles. The van der Waals surface area contributed by atoms with Gasteiger partial charge < -0.3 is 10.1 Å². The van der Waals surface area contributed by atoms with Crippen LogP contribution in [0, 0.1) is 22.7 Å². The third-order valence-electron chi connectivity index (χ3n) is 5.19. The molecule has 194 valence electrons. The van der Waals surface area contributed by atoms with Crippen LogP contribution in [0.1, 0.15) is 33.8 Å². The van der Waals surface area contributed by atoms with E-state index in [0.717, 1.165) is 24.6 Å². The van der Waals surface area contributed by atoms with Crippen molar-refractivity contribution in [1.82, 2.24) is 30.1 Å². The van der Waals surface area contributed by atoms with Crippen LogP contribution >= 0.6 is 11.3 Å².